The van der Waals surface area contributed by atoms with E-state index in [0.717, 1.165) is 41.4 Å². The lowest BCUT2D eigenvalue weighted by atomic mass is 10.1. The Bertz CT molecular complexity index is 1000. The van der Waals surface area contributed by atoms with Gasteiger partial charge in [-0.05, 0) is 87.0 Å². The molecule has 150 valence electrons. The molecule has 1 N–H and O–H groups in total. The molecule has 1 amide bonds. The predicted molar refractivity (Wildman–Crippen MR) is 122 cm³/mol. The van der Waals surface area contributed by atoms with E-state index in [4.69, 9.17) is 16.0 Å². The maximum absolute atomic E-state index is 12.3. The third-order valence-corrected chi connectivity index (χ3v) is 5.00. The highest BCUT2D eigenvalue weighted by Crippen LogP contribution is 2.25. The van der Waals surface area contributed by atoms with Crippen molar-refractivity contribution >= 4 is 35.0 Å². The molecule has 0 aliphatic heterocycles. The first-order chi connectivity index (χ1) is 14.0. The lowest BCUT2D eigenvalue weighted by molar-refractivity contribution is -0.111. The van der Waals surface area contributed by atoms with Crippen molar-refractivity contribution in [2.24, 2.45) is 0 Å². The Labute approximate surface area is 176 Å². The van der Waals surface area contributed by atoms with Crippen molar-refractivity contribution in [2.45, 2.75) is 20.8 Å². The summed E-state index contributed by atoms with van der Waals surface area (Å²) in [4.78, 5) is 14.6. The monoisotopic (exact) mass is 408 g/mol. The summed E-state index contributed by atoms with van der Waals surface area (Å²) >= 11 is 5.92. The van der Waals surface area contributed by atoms with Gasteiger partial charge in [-0.1, -0.05) is 11.6 Å². The van der Waals surface area contributed by atoms with Gasteiger partial charge in [-0.15, -0.1) is 0 Å². The van der Waals surface area contributed by atoms with Crippen LogP contribution >= 0.6 is 11.6 Å². The molecule has 0 aliphatic carbocycles. The van der Waals surface area contributed by atoms with Crippen LogP contribution in [0.3, 0.4) is 0 Å². The number of nitrogens with one attached hydrogen (secondary N) is 1. The zero-order valence-corrected chi connectivity index (χ0v) is 17.7. The van der Waals surface area contributed by atoms with Gasteiger partial charge in [-0.2, -0.15) is 0 Å². The topological polar surface area (TPSA) is 45.5 Å². The number of rotatable bonds is 7. The molecule has 0 atom stereocenters. The van der Waals surface area contributed by atoms with Gasteiger partial charge < -0.3 is 14.6 Å². The summed E-state index contributed by atoms with van der Waals surface area (Å²) in [7, 11) is 0. The SMILES string of the molecule is CCN(CC)c1ccc(NC(=O)C=Cc2ccc(-c3ccc(Cl)cc3)o2)c(C)c1. The van der Waals surface area contributed by atoms with E-state index < -0.39 is 0 Å². The fourth-order valence-corrected chi connectivity index (χ4v) is 3.24. The molecule has 3 aromatic rings. The normalized spacial score (nSPS) is 11.0. The number of furan rings is 1. The Morgan fingerprint density at radius 3 is 2.45 bits per heavy atom. The molecule has 1 heterocycles. The summed E-state index contributed by atoms with van der Waals surface area (Å²) in [6.45, 7) is 8.16. The van der Waals surface area contributed by atoms with E-state index in [2.05, 4.69) is 30.1 Å². The van der Waals surface area contributed by atoms with Gasteiger partial charge in [0.1, 0.15) is 11.5 Å². The van der Waals surface area contributed by atoms with Crippen LogP contribution in [0.1, 0.15) is 25.2 Å². The predicted octanol–water partition coefficient (Wildman–Crippen LogP) is 6.41. The molecule has 4 nitrogen and oxygen atoms in total. The minimum absolute atomic E-state index is 0.201. The van der Waals surface area contributed by atoms with Gasteiger partial charge in [0, 0.05) is 41.1 Å². The van der Waals surface area contributed by atoms with Gasteiger partial charge in [0.25, 0.3) is 0 Å². The van der Waals surface area contributed by atoms with Crippen molar-refractivity contribution in [1.29, 1.82) is 0 Å². The van der Waals surface area contributed by atoms with Crippen LogP contribution in [0.5, 0.6) is 0 Å². The second-order valence-electron chi connectivity index (χ2n) is 6.70. The fraction of sp³-hybridized carbons (Fsp3) is 0.208. The van der Waals surface area contributed by atoms with Crippen molar-refractivity contribution in [3.8, 4) is 11.3 Å². The van der Waals surface area contributed by atoms with Gasteiger partial charge in [-0.25, -0.2) is 0 Å². The molecule has 29 heavy (non-hydrogen) atoms. The first-order valence-electron chi connectivity index (χ1n) is 9.70. The number of aryl methyl sites for hydroxylation is 1. The highest BCUT2D eigenvalue weighted by atomic mass is 35.5. The number of amides is 1. The third-order valence-electron chi connectivity index (χ3n) is 4.75. The Morgan fingerprint density at radius 2 is 1.79 bits per heavy atom. The highest BCUT2D eigenvalue weighted by Gasteiger charge is 2.07. The number of carbonyl (C=O) groups excluding carboxylic acids is 1. The number of hydrogen-bond donors (Lipinski definition) is 1. The molecule has 0 spiro atoms. The second-order valence-corrected chi connectivity index (χ2v) is 7.14. The largest absolute Gasteiger partial charge is 0.457 e. The zero-order chi connectivity index (χ0) is 20.8. The minimum atomic E-state index is -0.201. The summed E-state index contributed by atoms with van der Waals surface area (Å²) in [5.74, 6) is 1.14. The van der Waals surface area contributed by atoms with Crippen LogP contribution < -0.4 is 10.2 Å². The van der Waals surface area contributed by atoms with Crippen molar-refractivity contribution in [2.75, 3.05) is 23.3 Å². The molecular weight excluding hydrogens is 384 g/mol. The number of anilines is 2. The minimum Gasteiger partial charge on any atom is -0.457 e. The number of nitrogens with zero attached hydrogens (tertiary/aromatic N) is 1. The number of halogens is 1. The number of carbonyl (C=O) groups is 1. The highest BCUT2D eigenvalue weighted by molar-refractivity contribution is 6.30. The summed E-state index contributed by atoms with van der Waals surface area (Å²) in [6, 6.07) is 17.2. The molecule has 0 aliphatic rings. The van der Waals surface area contributed by atoms with Crippen LogP contribution in [0.4, 0.5) is 11.4 Å². The van der Waals surface area contributed by atoms with E-state index in [-0.39, 0.29) is 5.91 Å². The van der Waals surface area contributed by atoms with Crippen LogP contribution in [0.25, 0.3) is 17.4 Å². The van der Waals surface area contributed by atoms with Crippen LogP contribution in [0, 0.1) is 6.92 Å². The number of hydrogen-bond acceptors (Lipinski definition) is 3. The Balaban J connectivity index is 1.65. The quantitative estimate of drug-likeness (QED) is 0.459. The Morgan fingerprint density at radius 1 is 1.07 bits per heavy atom. The van der Waals surface area contributed by atoms with Gasteiger partial charge in [0.05, 0.1) is 0 Å². The maximum Gasteiger partial charge on any atom is 0.248 e. The second kappa shape index (κ2) is 9.48. The zero-order valence-electron chi connectivity index (χ0n) is 16.9. The summed E-state index contributed by atoms with van der Waals surface area (Å²) in [6.07, 6.45) is 3.14. The molecule has 1 aromatic heterocycles. The molecular formula is C24H25ClN2O2. The van der Waals surface area contributed by atoms with Crippen molar-refractivity contribution in [3.63, 3.8) is 0 Å². The fourth-order valence-electron chi connectivity index (χ4n) is 3.12. The van der Waals surface area contributed by atoms with Crippen LogP contribution in [-0.4, -0.2) is 19.0 Å². The van der Waals surface area contributed by atoms with E-state index in [1.54, 1.807) is 6.08 Å². The van der Waals surface area contributed by atoms with E-state index >= 15 is 0 Å². The van der Waals surface area contributed by atoms with Crippen molar-refractivity contribution in [1.82, 2.24) is 0 Å². The van der Waals surface area contributed by atoms with Crippen molar-refractivity contribution < 1.29 is 9.21 Å². The third kappa shape index (κ3) is 5.30. The lowest BCUT2D eigenvalue weighted by Crippen LogP contribution is -2.22. The molecule has 0 fully saturated rings. The van der Waals surface area contributed by atoms with Gasteiger partial charge in [0.2, 0.25) is 5.91 Å². The van der Waals surface area contributed by atoms with Gasteiger partial charge in [-0.3, -0.25) is 4.79 Å². The van der Waals surface area contributed by atoms with Gasteiger partial charge in [0.15, 0.2) is 0 Å². The van der Waals surface area contributed by atoms with Crippen molar-refractivity contribution in [3.05, 3.63) is 77.0 Å². The van der Waals surface area contributed by atoms with E-state index in [0.29, 0.717) is 10.8 Å². The number of benzene rings is 2. The molecule has 0 bridgehead atoms. The van der Waals surface area contributed by atoms with Crippen LogP contribution in [0.15, 0.2) is 65.1 Å². The van der Waals surface area contributed by atoms with Gasteiger partial charge >= 0.3 is 0 Å². The molecule has 0 saturated carbocycles. The van der Waals surface area contributed by atoms with E-state index in [1.165, 1.54) is 6.08 Å². The molecule has 5 heteroatoms. The average Bonchev–Trinajstić information content (AvgIpc) is 3.19. The molecule has 0 radical (unpaired) electrons. The Kier molecular flexibility index (Phi) is 6.78. The lowest BCUT2D eigenvalue weighted by Gasteiger charge is -2.22. The maximum atomic E-state index is 12.3. The smallest absolute Gasteiger partial charge is 0.248 e. The molecule has 0 saturated heterocycles. The van der Waals surface area contributed by atoms with Crippen LogP contribution in [-0.2, 0) is 4.79 Å². The summed E-state index contributed by atoms with van der Waals surface area (Å²) in [5, 5.41) is 3.61. The molecule has 2 aromatic carbocycles. The van der Waals surface area contributed by atoms with E-state index in [9.17, 15) is 4.79 Å². The Hall–Kier alpha value is -2.98. The first-order valence-corrected chi connectivity index (χ1v) is 10.1. The summed E-state index contributed by atoms with van der Waals surface area (Å²) < 4.78 is 5.79. The standard InChI is InChI=1S/C24H25ClN2O2/c1-4-27(5-2)20-10-13-22(17(3)16-20)26-24(28)15-12-21-11-14-23(29-21)18-6-8-19(25)9-7-18/h6-16H,4-5H2,1-3H3,(H,26,28). The first kappa shape index (κ1) is 20.7. The molecule has 3 rings (SSSR count). The summed E-state index contributed by atoms with van der Waals surface area (Å²) in [5.41, 5.74) is 3.92. The molecule has 0 unspecified atom stereocenters. The van der Waals surface area contributed by atoms with E-state index in [1.807, 2.05) is 55.5 Å². The average molecular weight is 409 g/mol. The van der Waals surface area contributed by atoms with Crippen LogP contribution in [0.2, 0.25) is 5.02 Å².